The van der Waals surface area contributed by atoms with Crippen molar-refractivity contribution in [2.24, 2.45) is 0 Å². The summed E-state index contributed by atoms with van der Waals surface area (Å²) in [4.78, 5) is 26.0. The normalized spacial score (nSPS) is 11.5. The van der Waals surface area contributed by atoms with Gasteiger partial charge in [-0.05, 0) is 35.9 Å². The van der Waals surface area contributed by atoms with Gasteiger partial charge in [-0.25, -0.2) is 0 Å². The Morgan fingerprint density at radius 1 is 1.00 bits per heavy atom. The van der Waals surface area contributed by atoms with Crippen LogP contribution < -0.4 is 15.4 Å². The Balaban J connectivity index is 1.52. The van der Waals surface area contributed by atoms with Crippen molar-refractivity contribution in [3.05, 3.63) is 94.5 Å². The zero-order valence-electron chi connectivity index (χ0n) is 18.2. The average Bonchev–Trinajstić information content (AvgIpc) is 3.32. The molecule has 0 radical (unpaired) electrons. The molecular weight excluding hydrogens is 516 g/mol. The number of aromatic nitrogens is 2. The molecule has 0 fully saturated rings. The number of ether oxygens (including phenoxy) is 1. The van der Waals surface area contributed by atoms with E-state index < -0.39 is 6.04 Å². The largest absolute Gasteiger partial charge is 0.497 e. The monoisotopic (exact) mass is 536 g/mol. The first-order valence-electron chi connectivity index (χ1n) is 10.4. The lowest BCUT2D eigenvalue weighted by Crippen LogP contribution is -2.45. The van der Waals surface area contributed by atoms with Gasteiger partial charge in [-0.2, -0.15) is 0 Å². The number of methoxy groups -OCH3 is 1. The van der Waals surface area contributed by atoms with E-state index in [-0.39, 0.29) is 11.8 Å². The Morgan fingerprint density at radius 3 is 2.56 bits per heavy atom. The van der Waals surface area contributed by atoms with Crippen molar-refractivity contribution < 1.29 is 14.3 Å². The topological polar surface area (TPSA) is 93.2 Å². The van der Waals surface area contributed by atoms with Gasteiger partial charge in [0.1, 0.15) is 16.8 Å². The van der Waals surface area contributed by atoms with E-state index in [9.17, 15) is 9.59 Å². The van der Waals surface area contributed by atoms with Gasteiger partial charge in [0.05, 0.1) is 7.11 Å². The fraction of sp³-hybridized carbons (Fsp3) is 0.120. The summed E-state index contributed by atoms with van der Waals surface area (Å²) >= 11 is 4.62. The highest BCUT2D eigenvalue weighted by Crippen LogP contribution is 2.28. The summed E-state index contributed by atoms with van der Waals surface area (Å²) in [6.45, 7) is 0. The molecule has 34 heavy (non-hydrogen) atoms. The van der Waals surface area contributed by atoms with E-state index in [1.54, 1.807) is 25.3 Å². The Hall–Kier alpha value is -3.56. The second-order valence-electron chi connectivity index (χ2n) is 7.36. The van der Waals surface area contributed by atoms with Gasteiger partial charge in [-0.3, -0.25) is 14.9 Å². The highest BCUT2D eigenvalue weighted by atomic mass is 79.9. The first-order chi connectivity index (χ1) is 16.5. The van der Waals surface area contributed by atoms with Crippen LogP contribution in [-0.2, 0) is 11.2 Å². The third-order valence-corrected chi connectivity index (χ3v) is 6.34. The molecule has 0 saturated heterocycles. The van der Waals surface area contributed by atoms with Crippen LogP contribution in [0.25, 0.3) is 10.6 Å². The lowest BCUT2D eigenvalue weighted by atomic mass is 10.0. The molecule has 172 valence electrons. The molecule has 0 unspecified atom stereocenters. The van der Waals surface area contributed by atoms with Crippen molar-refractivity contribution in [2.75, 3.05) is 12.4 Å². The smallest absolute Gasteiger partial charge is 0.251 e. The van der Waals surface area contributed by atoms with E-state index in [1.165, 1.54) is 11.3 Å². The predicted octanol–water partition coefficient (Wildman–Crippen LogP) is 4.96. The number of hydrogen-bond acceptors (Lipinski definition) is 6. The number of hydrogen-bond donors (Lipinski definition) is 2. The summed E-state index contributed by atoms with van der Waals surface area (Å²) in [6.07, 6.45) is 0.327. The lowest BCUT2D eigenvalue weighted by Gasteiger charge is -2.18. The van der Waals surface area contributed by atoms with Crippen LogP contribution in [0.5, 0.6) is 5.75 Å². The summed E-state index contributed by atoms with van der Waals surface area (Å²) < 4.78 is 6.04. The van der Waals surface area contributed by atoms with E-state index in [0.717, 1.165) is 15.6 Å². The Labute approximate surface area is 209 Å². The predicted molar refractivity (Wildman–Crippen MR) is 136 cm³/mol. The Bertz CT molecular complexity index is 1300. The van der Waals surface area contributed by atoms with E-state index in [2.05, 4.69) is 36.8 Å². The summed E-state index contributed by atoms with van der Waals surface area (Å²) in [7, 11) is 1.60. The van der Waals surface area contributed by atoms with Crippen molar-refractivity contribution in [1.82, 2.24) is 15.5 Å². The van der Waals surface area contributed by atoms with Crippen LogP contribution in [0, 0.1) is 0 Å². The van der Waals surface area contributed by atoms with Crippen LogP contribution in [0.1, 0.15) is 15.9 Å². The molecule has 0 bridgehead atoms. The highest BCUT2D eigenvalue weighted by molar-refractivity contribution is 9.10. The maximum atomic E-state index is 13.2. The molecule has 0 spiro atoms. The van der Waals surface area contributed by atoms with Crippen molar-refractivity contribution >= 4 is 44.2 Å². The van der Waals surface area contributed by atoms with Crippen molar-refractivity contribution in [3.8, 4) is 16.3 Å². The molecule has 2 amide bonds. The van der Waals surface area contributed by atoms with Gasteiger partial charge in [0.25, 0.3) is 5.91 Å². The zero-order valence-corrected chi connectivity index (χ0v) is 20.6. The van der Waals surface area contributed by atoms with Crippen molar-refractivity contribution in [1.29, 1.82) is 0 Å². The average molecular weight is 537 g/mol. The standard InChI is InChI=1S/C25H21BrN4O3S/c1-33-20-12-6-10-18(15-20)24-29-30-25(34-24)28-23(32)21(13-16-7-3-2-4-8-16)27-22(31)17-9-5-11-19(26)14-17/h2-12,14-15,21H,13H2,1H3,(H,27,31)(H,28,30,32)/t21-/m1/s1. The zero-order chi connectivity index (χ0) is 23.9. The number of nitrogens with zero attached hydrogens (tertiary/aromatic N) is 2. The number of carbonyl (C=O) groups excluding carboxylic acids is 2. The van der Waals surface area contributed by atoms with Crippen LogP contribution in [0.3, 0.4) is 0 Å². The number of halogens is 1. The first kappa shape index (κ1) is 23.6. The number of anilines is 1. The second-order valence-corrected chi connectivity index (χ2v) is 9.25. The molecule has 1 aromatic heterocycles. The molecule has 0 aliphatic heterocycles. The number of benzene rings is 3. The van der Waals surface area contributed by atoms with Crippen LogP contribution >= 0.6 is 27.3 Å². The van der Waals surface area contributed by atoms with Crippen LogP contribution in [0.4, 0.5) is 5.13 Å². The molecule has 4 aromatic rings. The molecule has 9 heteroatoms. The Kier molecular flexibility index (Phi) is 7.66. The molecule has 0 saturated carbocycles. The van der Waals surface area contributed by atoms with Gasteiger partial charge < -0.3 is 10.1 Å². The molecule has 3 aromatic carbocycles. The molecule has 1 atom stereocenters. The maximum absolute atomic E-state index is 13.2. The SMILES string of the molecule is COc1cccc(-c2nnc(NC(=O)[C@@H](Cc3ccccc3)NC(=O)c3cccc(Br)c3)s2)c1. The quantitative estimate of drug-likeness (QED) is 0.332. The maximum Gasteiger partial charge on any atom is 0.251 e. The fourth-order valence-corrected chi connectivity index (χ4v) is 4.41. The second kappa shape index (κ2) is 11.0. The highest BCUT2D eigenvalue weighted by Gasteiger charge is 2.23. The first-order valence-corrected chi connectivity index (χ1v) is 12.0. The minimum Gasteiger partial charge on any atom is -0.497 e. The van der Waals surface area contributed by atoms with Gasteiger partial charge in [0, 0.05) is 22.0 Å². The van der Waals surface area contributed by atoms with Gasteiger partial charge in [0.2, 0.25) is 11.0 Å². The van der Waals surface area contributed by atoms with Crippen LogP contribution in [0.15, 0.2) is 83.3 Å². The molecular formula is C25H21BrN4O3S. The van der Waals surface area contributed by atoms with E-state index in [4.69, 9.17) is 4.74 Å². The molecule has 4 rings (SSSR count). The van der Waals surface area contributed by atoms with Crippen LogP contribution in [0.2, 0.25) is 0 Å². The summed E-state index contributed by atoms with van der Waals surface area (Å²) in [5.74, 6) is -0.0104. The van der Waals surface area contributed by atoms with Gasteiger partial charge in [-0.15, -0.1) is 10.2 Å². The fourth-order valence-electron chi connectivity index (χ4n) is 3.27. The van der Waals surface area contributed by atoms with Crippen molar-refractivity contribution in [2.45, 2.75) is 12.5 Å². The number of rotatable bonds is 8. The van der Waals surface area contributed by atoms with Gasteiger partial charge in [0.15, 0.2) is 0 Å². The lowest BCUT2D eigenvalue weighted by molar-refractivity contribution is -0.118. The minimum atomic E-state index is -0.807. The molecule has 0 aliphatic rings. The molecule has 2 N–H and O–H groups in total. The van der Waals surface area contributed by atoms with E-state index in [0.29, 0.717) is 27.9 Å². The molecule has 0 aliphatic carbocycles. The van der Waals surface area contributed by atoms with E-state index >= 15 is 0 Å². The van der Waals surface area contributed by atoms with Gasteiger partial charge >= 0.3 is 0 Å². The molecule has 7 nitrogen and oxygen atoms in total. The third kappa shape index (κ3) is 6.06. The van der Waals surface area contributed by atoms with Gasteiger partial charge in [-0.1, -0.05) is 75.8 Å². The Morgan fingerprint density at radius 2 is 1.79 bits per heavy atom. The summed E-state index contributed by atoms with van der Waals surface area (Å²) in [5, 5.41) is 14.9. The summed E-state index contributed by atoms with van der Waals surface area (Å²) in [5.41, 5.74) is 2.21. The van der Waals surface area contributed by atoms with Crippen LogP contribution in [-0.4, -0.2) is 35.2 Å². The molecule has 1 heterocycles. The minimum absolute atomic E-state index is 0.327. The van der Waals surface area contributed by atoms with Crippen molar-refractivity contribution in [3.63, 3.8) is 0 Å². The number of amides is 2. The number of carbonyl (C=O) groups is 2. The number of nitrogens with one attached hydrogen (secondary N) is 2. The third-order valence-electron chi connectivity index (χ3n) is 4.96. The summed E-state index contributed by atoms with van der Waals surface area (Å²) in [6, 6.07) is 23.2. The van der Waals surface area contributed by atoms with E-state index in [1.807, 2.05) is 60.7 Å².